The number of hydrogen-bond donors (Lipinski definition) is 2. The van der Waals surface area contributed by atoms with Gasteiger partial charge in [-0.2, -0.15) is 5.10 Å². The van der Waals surface area contributed by atoms with Crippen molar-refractivity contribution in [3.63, 3.8) is 0 Å². The van der Waals surface area contributed by atoms with E-state index < -0.39 is 0 Å². The van der Waals surface area contributed by atoms with Gasteiger partial charge in [0.15, 0.2) is 0 Å². The number of fused-ring (bicyclic) bond motifs is 2. The molecule has 0 atom stereocenters. The molecular formula is C18H17N5O. The van der Waals surface area contributed by atoms with Gasteiger partial charge in [0.2, 0.25) is 0 Å². The van der Waals surface area contributed by atoms with Crippen LogP contribution in [0.2, 0.25) is 0 Å². The third-order valence-electron chi connectivity index (χ3n) is 4.22. The zero-order valence-electron chi connectivity index (χ0n) is 13.3. The fourth-order valence-electron chi connectivity index (χ4n) is 2.90. The molecule has 0 aliphatic carbocycles. The summed E-state index contributed by atoms with van der Waals surface area (Å²) in [6, 6.07) is 9.98. The van der Waals surface area contributed by atoms with Crippen LogP contribution in [-0.4, -0.2) is 32.2 Å². The molecule has 4 rings (SSSR count). The highest BCUT2D eigenvalue weighted by Gasteiger charge is 2.10. The molecule has 0 bridgehead atoms. The summed E-state index contributed by atoms with van der Waals surface area (Å²) in [5.74, 6) is -0.120. The number of amides is 1. The molecule has 6 nitrogen and oxygen atoms in total. The number of aromatic amines is 1. The molecule has 0 saturated carbocycles. The molecule has 120 valence electrons. The van der Waals surface area contributed by atoms with Crippen LogP contribution in [0.1, 0.15) is 15.9 Å². The van der Waals surface area contributed by atoms with Crippen molar-refractivity contribution in [1.29, 1.82) is 0 Å². The SMILES string of the molecule is Cn1ncc2ncc(C(=O)NCCc3c[nH]c4ccccc34)cc21. The Bertz CT molecular complexity index is 1030. The number of carbonyl (C=O) groups excluding carboxylic acids is 1. The molecule has 0 saturated heterocycles. The fraction of sp³-hybridized carbons (Fsp3) is 0.167. The van der Waals surface area contributed by atoms with Gasteiger partial charge in [-0.15, -0.1) is 0 Å². The van der Waals surface area contributed by atoms with Crippen LogP contribution in [0.4, 0.5) is 0 Å². The Hall–Kier alpha value is -3.15. The number of rotatable bonds is 4. The van der Waals surface area contributed by atoms with Crippen molar-refractivity contribution in [2.45, 2.75) is 6.42 Å². The van der Waals surface area contributed by atoms with Gasteiger partial charge in [0.05, 0.1) is 17.3 Å². The van der Waals surface area contributed by atoms with Crippen molar-refractivity contribution in [2.75, 3.05) is 6.54 Å². The van der Waals surface area contributed by atoms with Crippen molar-refractivity contribution < 1.29 is 4.79 Å². The van der Waals surface area contributed by atoms with Crippen molar-refractivity contribution in [3.8, 4) is 0 Å². The molecule has 24 heavy (non-hydrogen) atoms. The van der Waals surface area contributed by atoms with Gasteiger partial charge in [0, 0.05) is 36.9 Å². The number of pyridine rings is 1. The van der Waals surface area contributed by atoms with Gasteiger partial charge in [-0.3, -0.25) is 14.5 Å². The topological polar surface area (TPSA) is 75.6 Å². The molecular weight excluding hydrogens is 302 g/mol. The Labute approximate surface area is 138 Å². The largest absolute Gasteiger partial charge is 0.361 e. The number of H-pyrrole nitrogens is 1. The fourth-order valence-corrected chi connectivity index (χ4v) is 2.90. The number of carbonyl (C=O) groups is 1. The van der Waals surface area contributed by atoms with Gasteiger partial charge in [-0.05, 0) is 24.1 Å². The Kier molecular flexibility index (Phi) is 3.49. The first-order valence-electron chi connectivity index (χ1n) is 7.83. The summed E-state index contributed by atoms with van der Waals surface area (Å²) in [4.78, 5) is 19.8. The van der Waals surface area contributed by atoms with E-state index in [0.717, 1.165) is 23.0 Å². The summed E-state index contributed by atoms with van der Waals surface area (Å²) in [6.45, 7) is 0.574. The molecule has 0 spiro atoms. The second-order valence-corrected chi connectivity index (χ2v) is 5.76. The van der Waals surface area contributed by atoms with Crippen molar-refractivity contribution in [3.05, 3.63) is 60.0 Å². The predicted octanol–water partition coefficient (Wildman–Crippen LogP) is 2.42. The van der Waals surface area contributed by atoms with E-state index in [1.54, 1.807) is 17.1 Å². The van der Waals surface area contributed by atoms with E-state index in [-0.39, 0.29) is 5.91 Å². The Balaban J connectivity index is 1.45. The maximum atomic E-state index is 12.3. The average molecular weight is 319 g/mol. The molecule has 1 aromatic carbocycles. The van der Waals surface area contributed by atoms with Crippen molar-refractivity contribution in [2.24, 2.45) is 7.05 Å². The molecule has 4 aromatic rings. The average Bonchev–Trinajstić information content (AvgIpc) is 3.19. The lowest BCUT2D eigenvalue weighted by Crippen LogP contribution is -2.25. The van der Waals surface area contributed by atoms with Crippen molar-refractivity contribution in [1.82, 2.24) is 25.1 Å². The normalized spacial score (nSPS) is 11.2. The van der Waals surface area contributed by atoms with Crippen LogP contribution in [0.25, 0.3) is 21.9 Å². The van der Waals surface area contributed by atoms with E-state index in [2.05, 4.69) is 26.4 Å². The number of nitrogens with one attached hydrogen (secondary N) is 2. The van der Waals surface area contributed by atoms with Crippen LogP contribution in [0, 0.1) is 0 Å². The maximum absolute atomic E-state index is 12.3. The molecule has 0 aliphatic rings. The minimum Gasteiger partial charge on any atom is -0.361 e. The molecule has 0 aliphatic heterocycles. The van der Waals surface area contributed by atoms with E-state index in [0.29, 0.717) is 12.1 Å². The quantitative estimate of drug-likeness (QED) is 0.606. The molecule has 3 aromatic heterocycles. The van der Waals surface area contributed by atoms with E-state index in [1.165, 1.54) is 10.9 Å². The zero-order valence-corrected chi connectivity index (χ0v) is 13.3. The summed E-state index contributed by atoms with van der Waals surface area (Å²) >= 11 is 0. The maximum Gasteiger partial charge on any atom is 0.252 e. The highest BCUT2D eigenvalue weighted by molar-refractivity contribution is 5.96. The smallest absolute Gasteiger partial charge is 0.252 e. The predicted molar refractivity (Wildman–Crippen MR) is 92.8 cm³/mol. The highest BCUT2D eigenvalue weighted by atomic mass is 16.1. The molecule has 6 heteroatoms. The third kappa shape index (κ3) is 2.52. The monoisotopic (exact) mass is 319 g/mol. The van der Waals surface area contributed by atoms with Crippen LogP contribution in [0.3, 0.4) is 0 Å². The standard InChI is InChI=1S/C18H17N5O/c1-23-17-8-13(10-21-16(17)11-22-23)18(24)19-7-6-12-9-20-15-5-3-2-4-14(12)15/h2-5,8-11,20H,6-7H2,1H3,(H,19,24). The lowest BCUT2D eigenvalue weighted by atomic mass is 10.1. The number of benzene rings is 1. The lowest BCUT2D eigenvalue weighted by Gasteiger charge is -2.05. The molecule has 0 unspecified atom stereocenters. The second kappa shape index (κ2) is 5.81. The van der Waals surface area contributed by atoms with Gasteiger partial charge in [-0.1, -0.05) is 18.2 Å². The van der Waals surface area contributed by atoms with Crippen LogP contribution in [-0.2, 0) is 13.5 Å². The summed E-state index contributed by atoms with van der Waals surface area (Å²) in [5.41, 5.74) is 4.49. The minimum absolute atomic E-state index is 0.120. The van der Waals surface area contributed by atoms with Crippen molar-refractivity contribution >= 4 is 27.8 Å². The zero-order chi connectivity index (χ0) is 16.5. The third-order valence-corrected chi connectivity index (χ3v) is 4.22. The Morgan fingerprint density at radius 3 is 3.08 bits per heavy atom. The van der Waals surface area contributed by atoms with Gasteiger partial charge >= 0.3 is 0 Å². The molecule has 3 heterocycles. The number of nitrogens with zero attached hydrogens (tertiary/aromatic N) is 3. The van der Waals surface area contributed by atoms with E-state index in [4.69, 9.17) is 0 Å². The van der Waals surface area contributed by atoms with E-state index in [9.17, 15) is 4.79 Å². The summed E-state index contributed by atoms with van der Waals surface area (Å²) < 4.78 is 1.71. The molecule has 0 fully saturated rings. The van der Waals surface area contributed by atoms with Gasteiger partial charge in [0.1, 0.15) is 5.52 Å². The first kappa shape index (κ1) is 14.4. The second-order valence-electron chi connectivity index (χ2n) is 5.76. The van der Waals surface area contributed by atoms with Crippen LogP contribution in [0.5, 0.6) is 0 Å². The molecule has 2 N–H and O–H groups in total. The Morgan fingerprint density at radius 2 is 2.17 bits per heavy atom. The van der Waals surface area contributed by atoms with Crippen LogP contribution in [0.15, 0.2) is 48.9 Å². The Morgan fingerprint density at radius 1 is 1.29 bits per heavy atom. The van der Waals surface area contributed by atoms with Crippen LogP contribution < -0.4 is 5.32 Å². The number of aryl methyl sites for hydroxylation is 1. The summed E-state index contributed by atoms with van der Waals surface area (Å²) in [7, 11) is 1.84. The van der Waals surface area contributed by atoms with Gasteiger partial charge in [0.25, 0.3) is 5.91 Å². The molecule has 1 amide bonds. The lowest BCUT2D eigenvalue weighted by molar-refractivity contribution is 0.0954. The number of para-hydroxylation sites is 1. The van der Waals surface area contributed by atoms with Gasteiger partial charge in [-0.25, -0.2) is 0 Å². The van der Waals surface area contributed by atoms with E-state index >= 15 is 0 Å². The minimum atomic E-state index is -0.120. The first-order chi connectivity index (χ1) is 11.7. The highest BCUT2D eigenvalue weighted by Crippen LogP contribution is 2.17. The van der Waals surface area contributed by atoms with Crippen LogP contribution >= 0.6 is 0 Å². The number of aromatic nitrogens is 4. The summed E-state index contributed by atoms with van der Waals surface area (Å²) in [5, 5.41) is 8.29. The van der Waals surface area contributed by atoms with E-state index in [1.807, 2.05) is 37.5 Å². The summed E-state index contributed by atoms with van der Waals surface area (Å²) in [6.07, 6.45) is 6.05. The first-order valence-corrected chi connectivity index (χ1v) is 7.83. The molecule has 0 radical (unpaired) electrons. The number of hydrogen-bond acceptors (Lipinski definition) is 3. The van der Waals surface area contributed by atoms with Gasteiger partial charge < -0.3 is 10.3 Å².